The van der Waals surface area contributed by atoms with Crippen molar-refractivity contribution in [3.8, 4) is 0 Å². The molecule has 2 atom stereocenters. The summed E-state index contributed by atoms with van der Waals surface area (Å²) in [5.74, 6) is 0.166. The molecule has 2 nitrogen and oxygen atoms in total. The number of ether oxygens (including phenoxy) is 1. The first-order valence-electron chi connectivity index (χ1n) is 4.04. The van der Waals surface area contributed by atoms with Crippen LogP contribution in [0.5, 0.6) is 0 Å². The third kappa shape index (κ3) is 2.19. The summed E-state index contributed by atoms with van der Waals surface area (Å²) in [5.41, 5.74) is 0. The van der Waals surface area contributed by atoms with Gasteiger partial charge in [0, 0.05) is 5.33 Å². The minimum Gasteiger partial charge on any atom is -0.461 e. The van der Waals surface area contributed by atoms with Gasteiger partial charge in [0.2, 0.25) is 0 Å². The van der Waals surface area contributed by atoms with Crippen molar-refractivity contribution in [3.05, 3.63) is 0 Å². The highest BCUT2D eigenvalue weighted by Gasteiger charge is 2.32. The van der Waals surface area contributed by atoms with Gasteiger partial charge in [-0.25, -0.2) is 0 Å². The van der Waals surface area contributed by atoms with Gasteiger partial charge in [-0.1, -0.05) is 29.3 Å². The lowest BCUT2D eigenvalue weighted by Crippen LogP contribution is -2.07. The van der Waals surface area contributed by atoms with Gasteiger partial charge in [0.15, 0.2) is 0 Å². The van der Waals surface area contributed by atoms with E-state index < -0.39 is 0 Å². The quantitative estimate of drug-likeness (QED) is 0.539. The van der Waals surface area contributed by atoms with Gasteiger partial charge in [0.25, 0.3) is 0 Å². The molecule has 0 aromatic carbocycles. The fourth-order valence-electron chi connectivity index (χ4n) is 1.40. The highest BCUT2D eigenvalue weighted by molar-refractivity contribution is 9.09. The summed E-state index contributed by atoms with van der Waals surface area (Å²) in [7, 11) is 0. The lowest BCUT2D eigenvalue weighted by Gasteiger charge is -2.01. The summed E-state index contributed by atoms with van der Waals surface area (Å²) < 4.78 is 5.09. The van der Waals surface area contributed by atoms with Crippen LogP contribution in [0.3, 0.4) is 0 Å². The average Bonchev–Trinajstić information content (AvgIpc) is 2.33. The highest BCUT2D eigenvalue weighted by atomic mass is 79.9. The van der Waals surface area contributed by atoms with Crippen molar-refractivity contribution >= 4 is 21.9 Å². The molecule has 0 bridgehead atoms. The molecule has 0 aliphatic carbocycles. The summed E-state index contributed by atoms with van der Waals surface area (Å²) >= 11 is 3.31. The Hall–Kier alpha value is -0.0500. The Kier molecular flexibility index (Phi) is 3.37. The number of halogens is 1. The zero-order valence-electron chi connectivity index (χ0n) is 6.68. The van der Waals surface area contributed by atoms with E-state index in [1.165, 1.54) is 0 Å². The number of hydrogen-bond donors (Lipinski definition) is 0. The smallest absolute Gasteiger partial charge is 0.309 e. The van der Waals surface area contributed by atoms with Crippen LogP contribution in [-0.2, 0) is 9.53 Å². The molecule has 0 saturated carbocycles. The molecule has 0 N–H and O–H groups in total. The van der Waals surface area contributed by atoms with E-state index in [-0.39, 0.29) is 18.0 Å². The summed E-state index contributed by atoms with van der Waals surface area (Å²) in [5, 5.41) is 0.777. The van der Waals surface area contributed by atoms with Gasteiger partial charge >= 0.3 is 5.97 Å². The van der Waals surface area contributed by atoms with Crippen LogP contribution in [0.15, 0.2) is 0 Å². The van der Waals surface area contributed by atoms with Gasteiger partial charge in [-0.15, -0.1) is 0 Å². The molecule has 0 amide bonds. The summed E-state index contributed by atoms with van der Waals surface area (Å²) in [4.78, 5) is 11.1. The van der Waals surface area contributed by atoms with Gasteiger partial charge in [0.1, 0.15) is 6.10 Å². The summed E-state index contributed by atoms with van der Waals surface area (Å²) in [6, 6.07) is 0. The number of carbonyl (C=O) groups excluding carboxylic acids is 1. The van der Waals surface area contributed by atoms with Gasteiger partial charge in [0.05, 0.1) is 5.92 Å². The van der Waals surface area contributed by atoms with E-state index in [0.29, 0.717) is 0 Å². The number of hydrogen-bond acceptors (Lipinski definition) is 2. The largest absolute Gasteiger partial charge is 0.461 e. The molecule has 0 aromatic heterocycles. The number of carbonyl (C=O) groups is 1. The zero-order valence-corrected chi connectivity index (χ0v) is 8.26. The molecule has 0 unspecified atom stereocenters. The molecule has 0 aromatic rings. The van der Waals surface area contributed by atoms with Crippen LogP contribution in [0, 0.1) is 5.92 Å². The monoisotopic (exact) mass is 220 g/mol. The van der Waals surface area contributed by atoms with Crippen molar-refractivity contribution in [1.29, 1.82) is 0 Å². The van der Waals surface area contributed by atoms with E-state index >= 15 is 0 Å². The van der Waals surface area contributed by atoms with Crippen LogP contribution in [0.1, 0.15) is 26.2 Å². The first-order chi connectivity index (χ1) is 5.27. The maximum atomic E-state index is 11.1. The predicted octanol–water partition coefficient (Wildman–Crippen LogP) is 2.11. The van der Waals surface area contributed by atoms with Gasteiger partial charge in [-0.3, -0.25) is 4.79 Å². The summed E-state index contributed by atoms with van der Waals surface area (Å²) in [6.45, 7) is 2.09. The van der Waals surface area contributed by atoms with Crippen molar-refractivity contribution in [3.63, 3.8) is 0 Å². The second-order valence-electron chi connectivity index (χ2n) is 2.93. The van der Waals surface area contributed by atoms with Crippen molar-refractivity contribution in [2.24, 2.45) is 5.92 Å². The molecule has 11 heavy (non-hydrogen) atoms. The minimum absolute atomic E-state index is 0.00343. The molecular formula is C8H13BrO2. The lowest BCUT2D eigenvalue weighted by molar-refractivity contribution is -0.143. The zero-order chi connectivity index (χ0) is 8.27. The van der Waals surface area contributed by atoms with E-state index in [2.05, 4.69) is 22.9 Å². The maximum Gasteiger partial charge on any atom is 0.309 e. The SMILES string of the molecule is CCC[C@@H]1C[C@@H](CBr)OC1=O. The maximum absolute atomic E-state index is 11.1. The third-order valence-electron chi connectivity index (χ3n) is 1.97. The average molecular weight is 221 g/mol. The van der Waals surface area contributed by atoms with Crippen molar-refractivity contribution in [2.75, 3.05) is 5.33 Å². The fraction of sp³-hybridized carbons (Fsp3) is 0.875. The van der Waals surface area contributed by atoms with E-state index in [4.69, 9.17) is 4.74 Å². The molecule has 3 heteroatoms. The lowest BCUT2D eigenvalue weighted by atomic mass is 10.0. The molecule has 0 radical (unpaired) electrons. The van der Waals surface area contributed by atoms with Crippen molar-refractivity contribution < 1.29 is 9.53 Å². The fourth-order valence-corrected chi connectivity index (χ4v) is 1.80. The topological polar surface area (TPSA) is 26.3 Å². The van der Waals surface area contributed by atoms with Crippen LogP contribution < -0.4 is 0 Å². The van der Waals surface area contributed by atoms with Crippen LogP contribution in [0.2, 0.25) is 0 Å². The molecule has 0 spiro atoms. The van der Waals surface area contributed by atoms with E-state index in [1.54, 1.807) is 0 Å². The Morgan fingerprint density at radius 1 is 1.73 bits per heavy atom. The van der Waals surface area contributed by atoms with Crippen LogP contribution in [-0.4, -0.2) is 17.4 Å². The highest BCUT2D eigenvalue weighted by Crippen LogP contribution is 2.25. The van der Waals surface area contributed by atoms with Crippen molar-refractivity contribution in [1.82, 2.24) is 0 Å². The van der Waals surface area contributed by atoms with Gasteiger partial charge in [-0.05, 0) is 12.8 Å². The number of rotatable bonds is 3. The molecule has 64 valence electrons. The number of cyclic esters (lactones) is 1. The molecule has 1 saturated heterocycles. The molecular weight excluding hydrogens is 208 g/mol. The van der Waals surface area contributed by atoms with Crippen molar-refractivity contribution in [2.45, 2.75) is 32.3 Å². The molecule has 1 aliphatic rings. The number of esters is 1. The van der Waals surface area contributed by atoms with Gasteiger partial charge < -0.3 is 4.74 Å². The second-order valence-corrected chi connectivity index (χ2v) is 3.58. The molecule has 1 fully saturated rings. The van der Waals surface area contributed by atoms with Crippen LogP contribution in [0.4, 0.5) is 0 Å². The standard InChI is InChI=1S/C8H13BrO2/c1-2-3-6-4-7(5-9)11-8(6)10/h6-7H,2-5H2,1H3/t6-,7+/m1/s1. The Balaban J connectivity index is 2.38. The second kappa shape index (κ2) is 4.10. The molecule has 1 heterocycles. The van der Waals surface area contributed by atoms with E-state index in [1.807, 2.05) is 0 Å². The Labute approximate surface area is 75.4 Å². The van der Waals surface area contributed by atoms with Crippen LogP contribution >= 0.6 is 15.9 Å². The molecule has 1 aliphatic heterocycles. The summed E-state index contributed by atoms with van der Waals surface area (Å²) in [6.07, 6.45) is 3.06. The Morgan fingerprint density at radius 2 is 2.45 bits per heavy atom. The predicted molar refractivity (Wildman–Crippen MR) is 46.7 cm³/mol. The Morgan fingerprint density at radius 3 is 2.91 bits per heavy atom. The molecule has 1 rings (SSSR count). The van der Waals surface area contributed by atoms with E-state index in [9.17, 15) is 4.79 Å². The normalized spacial score (nSPS) is 30.5. The van der Waals surface area contributed by atoms with Crippen LogP contribution in [0.25, 0.3) is 0 Å². The first-order valence-corrected chi connectivity index (χ1v) is 5.16. The Bertz CT molecular complexity index is 147. The third-order valence-corrected chi connectivity index (χ3v) is 2.69. The van der Waals surface area contributed by atoms with E-state index in [0.717, 1.165) is 24.6 Å². The minimum atomic E-state index is -0.00343. The number of alkyl halides is 1. The van der Waals surface area contributed by atoms with Gasteiger partial charge in [-0.2, -0.15) is 0 Å². The first kappa shape index (κ1) is 9.04.